The molecule has 0 aliphatic heterocycles. The molecule has 3 N–H and O–H groups in total. The minimum atomic E-state index is -4.95. The summed E-state index contributed by atoms with van der Waals surface area (Å²) in [5, 5.41) is 10.6. The maximum absolute atomic E-state index is 13.0. The number of aliphatic hydroxyl groups excluding tert-OH is 1. The van der Waals surface area contributed by atoms with Crippen molar-refractivity contribution >= 4 is 39.5 Å². The van der Waals surface area contributed by atoms with Crippen LogP contribution in [0.15, 0.2) is 0 Å². The van der Waals surface area contributed by atoms with Crippen LogP contribution in [0.3, 0.4) is 0 Å². The zero-order valence-electron chi connectivity index (χ0n) is 57.9. The molecular weight excluding hydrogens is 1170 g/mol. The SMILES string of the molecule is CCCCCCCCCCCCC(=O)O[C@H](COC(=O)CCCCCCCCC(C)C)COP(=O)(O)OC[C@H](O)COP(=O)(O)OC[C@@H](COC(=O)CCCCCCCCCCCCCC(C)C)OC(=O)CCCCCCCCCCCCCCCC(C)C. The summed E-state index contributed by atoms with van der Waals surface area (Å²) in [5.41, 5.74) is 0. The van der Waals surface area contributed by atoms with Crippen LogP contribution >= 0.6 is 15.6 Å². The van der Waals surface area contributed by atoms with E-state index >= 15 is 0 Å². The summed E-state index contributed by atoms with van der Waals surface area (Å²) in [7, 11) is -9.90. The van der Waals surface area contributed by atoms with Gasteiger partial charge in [0.05, 0.1) is 26.4 Å². The van der Waals surface area contributed by atoms with Crippen LogP contribution in [-0.4, -0.2) is 96.7 Å². The minimum absolute atomic E-state index is 0.105. The van der Waals surface area contributed by atoms with Gasteiger partial charge in [0.1, 0.15) is 19.3 Å². The standard InChI is InChI=1S/C70H136O17P2/c1-8-9-10-11-12-13-24-30-39-46-53-69(74)87-66(58-81-68(73)52-45-38-33-32-36-43-50-63(6)7)60-85-89(78,79)83-56-64(71)55-82-88(76,77)84-59-65(57-80-67(72)51-44-37-29-25-21-17-19-23-28-35-42-49-62(4)5)86-70(75)54-47-40-31-26-20-16-14-15-18-22-27-34-41-48-61(2)3/h61-66,71H,8-60H2,1-7H3,(H,76,77)(H,78,79)/t64-,65-,66-/m1/s1. The van der Waals surface area contributed by atoms with Crippen molar-refractivity contribution in [2.45, 2.75) is 369 Å². The Kier molecular flexibility index (Phi) is 59.6. The number of esters is 4. The van der Waals surface area contributed by atoms with Crippen molar-refractivity contribution in [3.8, 4) is 0 Å². The molecule has 0 aromatic carbocycles. The third kappa shape index (κ3) is 64.6. The molecule has 89 heavy (non-hydrogen) atoms. The number of unbranched alkanes of at least 4 members (excludes halogenated alkanes) is 36. The van der Waals surface area contributed by atoms with E-state index in [0.717, 1.165) is 108 Å². The first kappa shape index (κ1) is 87.1. The van der Waals surface area contributed by atoms with Crippen LogP contribution in [0.5, 0.6) is 0 Å². The Labute approximate surface area is 543 Å². The van der Waals surface area contributed by atoms with Gasteiger partial charge in [0.2, 0.25) is 0 Å². The lowest BCUT2D eigenvalue weighted by Gasteiger charge is -2.21. The monoisotopic (exact) mass is 1310 g/mol. The van der Waals surface area contributed by atoms with Crippen molar-refractivity contribution in [3.63, 3.8) is 0 Å². The lowest BCUT2D eigenvalue weighted by atomic mass is 10.0. The van der Waals surface area contributed by atoms with E-state index in [1.165, 1.54) is 154 Å². The second-order valence-corrected chi connectivity index (χ2v) is 29.6. The maximum atomic E-state index is 13.0. The fourth-order valence-corrected chi connectivity index (χ4v) is 12.1. The predicted molar refractivity (Wildman–Crippen MR) is 358 cm³/mol. The van der Waals surface area contributed by atoms with E-state index < -0.39 is 97.5 Å². The van der Waals surface area contributed by atoms with Gasteiger partial charge in [-0.1, -0.05) is 299 Å². The molecule has 0 bridgehead atoms. The number of phosphoric ester groups is 2. The largest absolute Gasteiger partial charge is 0.472 e. The number of hydrogen-bond donors (Lipinski definition) is 3. The third-order valence-electron chi connectivity index (χ3n) is 16.1. The molecule has 0 radical (unpaired) electrons. The Balaban J connectivity index is 5.23. The first-order valence-electron chi connectivity index (χ1n) is 36.3. The van der Waals surface area contributed by atoms with Crippen molar-refractivity contribution < 1.29 is 80.2 Å². The van der Waals surface area contributed by atoms with Crippen molar-refractivity contribution in [3.05, 3.63) is 0 Å². The Morgan fingerprint density at radius 1 is 0.303 bits per heavy atom. The number of rotatable bonds is 68. The number of carbonyl (C=O) groups is 4. The summed E-state index contributed by atoms with van der Waals surface area (Å²) in [5.74, 6) is 0.110. The molecule has 0 amide bonds. The average molecular weight is 1310 g/mol. The van der Waals surface area contributed by atoms with Crippen molar-refractivity contribution in [2.75, 3.05) is 39.6 Å². The summed E-state index contributed by atoms with van der Waals surface area (Å²) >= 11 is 0. The fourth-order valence-electron chi connectivity index (χ4n) is 10.5. The van der Waals surface area contributed by atoms with Crippen LogP contribution < -0.4 is 0 Å². The van der Waals surface area contributed by atoms with Gasteiger partial charge < -0.3 is 33.8 Å². The first-order chi connectivity index (χ1) is 42.7. The Hall–Kier alpha value is -1.94. The van der Waals surface area contributed by atoms with Crippen LogP contribution in [0, 0.1) is 17.8 Å². The molecule has 528 valence electrons. The lowest BCUT2D eigenvalue weighted by molar-refractivity contribution is -0.161. The van der Waals surface area contributed by atoms with Gasteiger partial charge in [-0.25, -0.2) is 9.13 Å². The smallest absolute Gasteiger partial charge is 0.462 e. The highest BCUT2D eigenvalue weighted by atomic mass is 31.2. The zero-order chi connectivity index (χ0) is 65.9. The molecule has 0 aliphatic rings. The number of carbonyl (C=O) groups excluding carboxylic acids is 4. The molecule has 0 heterocycles. The molecule has 0 aromatic heterocycles. The minimum Gasteiger partial charge on any atom is -0.462 e. The van der Waals surface area contributed by atoms with Gasteiger partial charge in [-0.05, 0) is 43.4 Å². The molecule has 0 aliphatic carbocycles. The molecule has 19 heteroatoms. The van der Waals surface area contributed by atoms with Gasteiger partial charge in [0.25, 0.3) is 0 Å². The van der Waals surface area contributed by atoms with Crippen LogP contribution in [-0.2, 0) is 65.4 Å². The summed E-state index contributed by atoms with van der Waals surface area (Å²) in [4.78, 5) is 72.5. The normalized spacial score (nSPS) is 14.2. The summed E-state index contributed by atoms with van der Waals surface area (Å²) in [6.07, 6.45) is 44.5. The predicted octanol–water partition coefficient (Wildman–Crippen LogP) is 19.8. The van der Waals surface area contributed by atoms with Gasteiger partial charge in [0, 0.05) is 25.7 Å². The lowest BCUT2D eigenvalue weighted by Crippen LogP contribution is -2.30. The highest BCUT2D eigenvalue weighted by Gasteiger charge is 2.30. The average Bonchev–Trinajstić information content (AvgIpc) is 3.56. The molecule has 0 aromatic rings. The van der Waals surface area contributed by atoms with Gasteiger partial charge in [-0.15, -0.1) is 0 Å². The number of aliphatic hydroxyl groups is 1. The highest BCUT2D eigenvalue weighted by molar-refractivity contribution is 7.47. The molecule has 0 fully saturated rings. The van der Waals surface area contributed by atoms with Crippen LogP contribution in [0.4, 0.5) is 0 Å². The molecule has 0 rings (SSSR count). The summed E-state index contributed by atoms with van der Waals surface area (Å²) < 4.78 is 68.2. The second-order valence-electron chi connectivity index (χ2n) is 26.7. The topological polar surface area (TPSA) is 237 Å². The second kappa shape index (κ2) is 61.0. The van der Waals surface area contributed by atoms with Crippen LogP contribution in [0.25, 0.3) is 0 Å². The quantitative estimate of drug-likeness (QED) is 0.0222. The van der Waals surface area contributed by atoms with E-state index in [1.54, 1.807) is 0 Å². The Morgan fingerprint density at radius 2 is 0.517 bits per heavy atom. The van der Waals surface area contributed by atoms with Gasteiger partial charge >= 0.3 is 39.5 Å². The number of phosphoric acid groups is 2. The third-order valence-corrected chi connectivity index (χ3v) is 18.0. The van der Waals surface area contributed by atoms with E-state index in [0.29, 0.717) is 31.6 Å². The molecule has 0 saturated carbocycles. The van der Waals surface area contributed by atoms with E-state index in [-0.39, 0.29) is 25.7 Å². The van der Waals surface area contributed by atoms with Crippen LogP contribution in [0.1, 0.15) is 350 Å². The number of hydrogen-bond acceptors (Lipinski definition) is 15. The maximum Gasteiger partial charge on any atom is 0.472 e. The van der Waals surface area contributed by atoms with Crippen molar-refractivity contribution in [1.82, 2.24) is 0 Å². The number of ether oxygens (including phenoxy) is 4. The van der Waals surface area contributed by atoms with Crippen LogP contribution in [0.2, 0.25) is 0 Å². The Morgan fingerprint density at radius 3 is 0.764 bits per heavy atom. The Bertz CT molecular complexity index is 1750. The molecule has 0 spiro atoms. The first-order valence-corrected chi connectivity index (χ1v) is 39.3. The van der Waals surface area contributed by atoms with Crippen molar-refractivity contribution in [1.29, 1.82) is 0 Å². The summed E-state index contributed by atoms with van der Waals surface area (Å²) in [6.45, 7) is 11.8. The molecule has 5 atom stereocenters. The van der Waals surface area contributed by atoms with Gasteiger partial charge in [-0.2, -0.15) is 0 Å². The van der Waals surface area contributed by atoms with E-state index in [2.05, 4.69) is 48.5 Å². The van der Waals surface area contributed by atoms with Crippen molar-refractivity contribution in [2.24, 2.45) is 17.8 Å². The molecule has 2 unspecified atom stereocenters. The molecule has 17 nitrogen and oxygen atoms in total. The van der Waals surface area contributed by atoms with Gasteiger partial charge in [0.15, 0.2) is 12.2 Å². The fraction of sp³-hybridized carbons (Fsp3) is 0.943. The van der Waals surface area contributed by atoms with E-state index in [4.69, 9.17) is 37.0 Å². The molecular formula is C70H136O17P2. The van der Waals surface area contributed by atoms with E-state index in [1.807, 2.05) is 0 Å². The zero-order valence-corrected chi connectivity index (χ0v) is 59.7. The van der Waals surface area contributed by atoms with Gasteiger partial charge in [-0.3, -0.25) is 37.3 Å². The molecule has 0 saturated heterocycles. The summed E-state index contributed by atoms with van der Waals surface area (Å²) in [6, 6.07) is 0. The van der Waals surface area contributed by atoms with E-state index in [9.17, 15) is 43.2 Å². The highest BCUT2D eigenvalue weighted by Crippen LogP contribution is 2.45.